The van der Waals surface area contributed by atoms with Gasteiger partial charge < -0.3 is 5.32 Å². The van der Waals surface area contributed by atoms with Gasteiger partial charge in [-0.25, -0.2) is 9.29 Å². The second-order valence-corrected chi connectivity index (χ2v) is 6.50. The number of likely N-dealkylation sites (N-methyl/N-ethyl adjacent to an activating group) is 2. The maximum Gasteiger partial charge on any atom is 0.111 e. The fourth-order valence-electron chi connectivity index (χ4n) is 1.65. The van der Waals surface area contributed by atoms with Gasteiger partial charge in [-0.05, 0) is 43.6 Å². The van der Waals surface area contributed by atoms with Crippen molar-refractivity contribution >= 4 is 11.9 Å². The minimum absolute atomic E-state index is 0.258. The molecule has 1 aromatic rings. The molecule has 1 unspecified atom stereocenters. The molecule has 0 saturated heterocycles. The van der Waals surface area contributed by atoms with Gasteiger partial charge in [0.2, 0.25) is 0 Å². The molecule has 1 rings (SSSR count). The van der Waals surface area contributed by atoms with Crippen LogP contribution in [-0.2, 0) is 0 Å². The van der Waals surface area contributed by atoms with Gasteiger partial charge >= 0.3 is 0 Å². The Labute approximate surface area is 123 Å². The van der Waals surface area contributed by atoms with Gasteiger partial charge in [-0.1, -0.05) is 40.7 Å². The molecular formula is C15H29N3S. The van der Waals surface area contributed by atoms with Crippen molar-refractivity contribution in [2.45, 2.75) is 45.7 Å². The molecule has 1 aromatic heterocycles. The van der Waals surface area contributed by atoms with E-state index in [1.807, 2.05) is 45.3 Å². The van der Waals surface area contributed by atoms with Crippen LogP contribution in [0.25, 0.3) is 0 Å². The van der Waals surface area contributed by atoms with Crippen molar-refractivity contribution < 1.29 is 0 Å². The predicted molar refractivity (Wildman–Crippen MR) is 86.4 cm³/mol. The van der Waals surface area contributed by atoms with E-state index < -0.39 is 0 Å². The minimum Gasteiger partial charge on any atom is -0.315 e. The van der Waals surface area contributed by atoms with Gasteiger partial charge in [0.25, 0.3) is 0 Å². The first-order valence-electron chi connectivity index (χ1n) is 6.91. The second-order valence-electron chi connectivity index (χ2n) is 5.28. The van der Waals surface area contributed by atoms with Crippen molar-refractivity contribution in [1.82, 2.24) is 14.6 Å². The van der Waals surface area contributed by atoms with E-state index in [2.05, 4.69) is 42.4 Å². The summed E-state index contributed by atoms with van der Waals surface area (Å²) in [5.41, 5.74) is 0.258. The van der Waals surface area contributed by atoms with Crippen LogP contribution in [0.5, 0.6) is 0 Å². The maximum absolute atomic E-state index is 4.31. The standard InChI is InChI=1S/C13H23N3S.C2H6/c1-13(2,3)11(14-4)10-16(5)17-12-8-6-7-9-15-12;1-2/h6-9,11,14H,10H2,1-5H3;1-2H3. The topological polar surface area (TPSA) is 28.2 Å². The van der Waals surface area contributed by atoms with E-state index in [1.165, 1.54) is 0 Å². The lowest BCUT2D eigenvalue weighted by atomic mass is 9.87. The van der Waals surface area contributed by atoms with Crippen LogP contribution in [0.4, 0.5) is 0 Å². The quantitative estimate of drug-likeness (QED) is 0.834. The Bertz CT molecular complexity index is 322. The Morgan fingerprint density at radius 1 is 1.32 bits per heavy atom. The first-order chi connectivity index (χ1) is 8.93. The molecule has 0 aromatic carbocycles. The summed E-state index contributed by atoms with van der Waals surface area (Å²) in [7, 11) is 4.13. The number of rotatable bonds is 5. The third-order valence-electron chi connectivity index (χ3n) is 2.72. The molecule has 0 aliphatic carbocycles. The first-order valence-corrected chi connectivity index (χ1v) is 7.68. The molecular weight excluding hydrogens is 254 g/mol. The molecule has 0 amide bonds. The minimum atomic E-state index is 0.258. The lowest BCUT2D eigenvalue weighted by Gasteiger charge is -2.33. The fraction of sp³-hybridized carbons (Fsp3) is 0.667. The Hall–Kier alpha value is -0.580. The lowest BCUT2D eigenvalue weighted by molar-refractivity contribution is 0.252. The zero-order valence-electron chi connectivity index (χ0n) is 13.4. The normalized spacial score (nSPS) is 12.8. The highest BCUT2D eigenvalue weighted by atomic mass is 32.2. The van der Waals surface area contributed by atoms with Crippen molar-refractivity contribution in [2.75, 3.05) is 20.6 Å². The molecule has 19 heavy (non-hydrogen) atoms. The van der Waals surface area contributed by atoms with E-state index in [9.17, 15) is 0 Å². The number of hydrogen-bond acceptors (Lipinski definition) is 4. The average molecular weight is 283 g/mol. The van der Waals surface area contributed by atoms with Crippen LogP contribution in [0, 0.1) is 5.41 Å². The summed E-state index contributed by atoms with van der Waals surface area (Å²) < 4.78 is 2.23. The zero-order valence-corrected chi connectivity index (χ0v) is 14.2. The Morgan fingerprint density at radius 3 is 2.37 bits per heavy atom. The van der Waals surface area contributed by atoms with Crippen LogP contribution in [-0.4, -0.2) is 36.0 Å². The summed E-state index contributed by atoms with van der Waals surface area (Å²) in [5, 5.41) is 4.42. The van der Waals surface area contributed by atoms with E-state index >= 15 is 0 Å². The molecule has 4 heteroatoms. The molecule has 0 aliphatic rings. The highest BCUT2D eigenvalue weighted by molar-refractivity contribution is 7.96. The van der Waals surface area contributed by atoms with Gasteiger partial charge in [0.1, 0.15) is 5.03 Å². The number of aromatic nitrogens is 1. The van der Waals surface area contributed by atoms with Crippen LogP contribution in [0.1, 0.15) is 34.6 Å². The summed E-state index contributed by atoms with van der Waals surface area (Å²) in [6.07, 6.45) is 1.83. The third kappa shape index (κ3) is 7.55. The van der Waals surface area contributed by atoms with Gasteiger partial charge in [0, 0.05) is 18.8 Å². The van der Waals surface area contributed by atoms with Crippen LogP contribution in [0.2, 0.25) is 0 Å². The van der Waals surface area contributed by atoms with Gasteiger partial charge in [0.05, 0.1) is 0 Å². The molecule has 1 heterocycles. The smallest absolute Gasteiger partial charge is 0.111 e. The molecule has 0 radical (unpaired) electrons. The molecule has 0 fully saturated rings. The molecule has 0 bridgehead atoms. The molecule has 0 aliphatic heterocycles. The van der Waals surface area contributed by atoms with E-state index in [-0.39, 0.29) is 5.41 Å². The van der Waals surface area contributed by atoms with Crippen molar-refractivity contribution in [2.24, 2.45) is 5.41 Å². The monoisotopic (exact) mass is 283 g/mol. The van der Waals surface area contributed by atoms with Crippen molar-refractivity contribution in [3.8, 4) is 0 Å². The van der Waals surface area contributed by atoms with Gasteiger partial charge in [-0.2, -0.15) is 0 Å². The van der Waals surface area contributed by atoms with Crippen molar-refractivity contribution in [3.05, 3.63) is 24.4 Å². The van der Waals surface area contributed by atoms with E-state index in [1.54, 1.807) is 11.9 Å². The van der Waals surface area contributed by atoms with Crippen molar-refractivity contribution in [1.29, 1.82) is 0 Å². The van der Waals surface area contributed by atoms with Crippen molar-refractivity contribution in [3.63, 3.8) is 0 Å². The fourth-order valence-corrected chi connectivity index (χ4v) is 2.44. The zero-order chi connectivity index (χ0) is 14.9. The number of nitrogens with one attached hydrogen (secondary N) is 1. The molecule has 1 N–H and O–H groups in total. The Kier molecular flexibility index (Phi) is 9.06. The summed E-state index contributed by atoms with van der Waals surface area (Å²) in [6.45, 7) is 11.8. The SMILES string of the molecule is CC.CNC(CN(C)Sc1ccccn1)C(C)(C)C. The highest BCUT2D eigenvalue weighted by Crippen LogP contribution is 2.24. The van der Waals surface area contributed by atoms with Crippen LogP contribution in [0.15, 0.2) is 29.4 Å². The molecule has 1 atom stereocenters. The molecule has 3 nitrogen and oxygen atoms in total. The van der Waals surface area contributed by atoms with Crippen LogP contribution < -0.4 is 5.32 Å². The predicted octanol–water partition coefficient (Wildman–Crippen LogP) is 3.68. The Morgan fingerprint density at radius 2 is 1.95 bits per heavy atom. The molecule has 110 valence electrons. The van der Waals surface area contributed by atoms with E-state index in [0.717, 1.165) is 11.6 Å². The van der Waals surface area contributed by atoms with Crippen LogP contribution in [0.3, 0.4) is 0 Å². The third-order valence-corrected chi connectivity index (χ3v) is 3.61. The van der Waals surface area contributed by atoms with Gasteiger partial charge in [-0.3, -0.25) is 0 Å². The largest absolute Gasteiger partial charge is 0.315 e. The highest BCUT2D eigenvalue weighted by Gasteiger charge is 2.24. The molecule has 0 spiro atoms. The lowest BCUT2D eigenvalue weighted by Crippen LogP contribution is -2.44. The number of hydrogen-bond donors (Lipinski definition) is 1. The number of pyridine rings is 1. The van der Waals surface area contributed by atoms with Gasteiger partial charge in [0.15, 0.2) is 0 Å². The maximum atomic E-state index is 4.31. The Balaban J connectivity index is 0.00000154. The summed E-state index contributed by atoms with van der Waals surface area (Å²) in [4.78, 5) is 4.31. The number of nitrogens with zero attached hydrogens (tertiary/aromatic N) is 2. The summed E-state index contributed by atoms with van der Waals surface area (Å²) >= 11 is 1.69. The first kappa shape index (κ1) is 18.4. The average Bonchev–Trinajstić information content (AvgIpc) is 2.38. The second kappa shape index (κ2) is 9.34. The van der Waals surface area contributed by atoms with E-state index in [4.69, 9.17) is 0 Å². The summed E-state index contributed by atoms with van der Waals surface area (Å²) in [5.74, 6) is 0. The van der Waals surface area contributed by atoms with E-state index in [0.29, 0.717) is 6.04 Å². The van der Waals surface area contributed by atoms with Gasteiger partial charge in [-0.15, -0.1) is 0 Å². The summed E-state index contributed by atoms with van der Waals surface area (Å²) in [6, 6.07) is 6.45. The van der Waals surface area contributed by atoms with Crippen LogP contribution >= 0.6 is 11.9 Å². The molecule has 0 saturated carbocycles.